The molecule has 0 bridgehead atoms. The van der Waals surface area contributed by atoms with E-state index in [0.29, 0.717) is 6.42 Å². The van der Waals surface area contributed by atoms with Gasteiger partial charge in [0.15, 0.2) is 0 Å². The molecule has 4 N–H and O–H groups in total. The van der Waals surface area contributed by atoms with Gasteiger partial charge in [0, 0.05) is 0 Å². The summed E-state index contributed by atoms with van der Waals surface area (Å²) >= 11 is 0. The molecule has 0 amide bonds. The summed E-state index contributed by atoms with van der Waals surface area (Å²) in [7, 11) is 0. The molecule has 7 nitrogen and oxygen atoms in total. The van der Waals surface area contributed by atoms with Crippen LogP contribution < -0.4 is 11.3 Å². The number of hydrogen-bond donors (Lipinski definition) is 3. The van der Waals surface area contributed by atoms with Gasteiger partial charge in [-0.1, -0.05) is 17.3 Å². The summed E-state index contributed by atoms with van der Waals surface area (Å²) in [6, 6.07) is 0. The molecule has 0 saturated carbocycles. The van der Waals surface area contributed by atoms with Crippen LogP contribution in [0.15, 0.2) is 10.4 Å². The van der Waals surface area contributed by atoms with Crippen LogP contribution in [0.2, 0.25) is 0 Å². The first kappa shape index (κ1) is 10.9. The number of nitrogens with zero attached hydrogens (tertiary/aromatic N) is 2. The van der Waals surface area contributed by atoms with Crippen LogP contribution in [0.3, 0.4) is 0 Å². The second kappa shape index (κ2) is 5.56. The van der Waals surface area contributed by atoms with Crippen molar-refractivity contribution >= 4 is 0 Å². The molecule has 70 valence electrons. The Morgan fingerprint density at radius 3 is 2.75 bits per heavy atom. The first-order valence-electron chi connectivity index (χ1n) is 3.49. The zero-order valence-electron chi connectivity index (χ0n) is 6.91. The lowest BCUT2D eigenvalue weighted by atomic mass is 9.99. The Balaban J connectivity index is 4.25. The first-order valence-corrected chi connectivity index (χ1v) is 3.49. The van der Waals surface area contributed by atoms with Crippen molar-refractivity contribution in [3.8, 4) is 0 Å². The molecular formula is C5H13N5O2. The van der Waals surface area contributed by atoms with E-state index < -0.39 is 5.54 Å². The Bertz CT molecular complexity index is 141. The van der Waals surface area contributed by atoms with E-state index in [1.807, 2.05) is 6.92 Å². The van der Waals surface area contributed by atoms with Gasteiger partial charge in [-0.15, -0.1) is 0 Å². The Kier molecular flexibility index (Phi) is 5.06. The van der Waals surface area contributed by atoms with E-state index in [4.69, 9.17) is 11.4 Å². The maximum absolute atomic E-state index is 10.0. The van der Waals surface area contributed by atoms with Gasteiger partial charge in [0.25, 0.3) is 0 Å². The summed E-state index contributed by atoms with van der Waals surface area (Å²) < 4.78 is 0. The van der Waals surface area contributed by atoms with Crippen molar-refractivity contribution in [1.29, 1.82) is 5.53 Å². The summed E-state index contributed by atoms with van der Waals surface area (Å²) in [6.45, 7) is 1.89. The molecule has 0 aromatic rings. The number of nitrogens with one attached hydrogen (secondary N) is 2. The van der Waals surface area contributed by atoms with E-state index in [-0.39, 0.29) is 13.2 Å². The fraction of sp³-hybridized carbons (Fsp3) is 1.00. The highest BCUT2D eigenvalue weighted by Crippen LogP contribution is 2.10. The van der Waals surface area contributed by atoms with E-state index in [1.165, 1.54) is 0 Å². The molecule has 0 spiro atoms. The van der Waals surface area contributed by atoms with Crippen LogP contribution >= 0.6 is 0 Å². The molecule has 1 unspecified atom stereocenters. The van der Waals surface area contributed by atoms with Crippen molar-refractivity contribution in [1.82, 2.24) is 5.43 Å². The molecule has 0 aliphatic rings. The lowest BCUT2D eigenvalue weighted by Gasteiger charge is -2.26. The second-order valence-electron chi connectivity index (χ2n) is 2.46. The van der Waals surface area contributed by atoms with Crippen molar-refractivity contribution in [2.24, 2.45) is 16.3 Å². The third-order valence-corrected chi connectivity index (χ3v) is 1.70. The monoisotopic (exact) mass is 175 g/mol. The number of rotatable bonds is 7. The highest BCUT2D eigenvalue weighted by molar-refractivity contribution is 4.86. The molecule has 0 saturated heterocycles. The van der Waals surface area contributed by atoms with Crippen molar-refractivity contribution in [3.63, 3.8) is 0 Å². The predicted molar refractivity (Wildman–Crippen MR) is 42.1 cm³/mol. The lowest BCUT2D eigenvalue weighted by Crippen LogP contribution is -2.49. The van der Waals surface area contributed by atoms with Crippen molar-refractivity contribution in [2.75, 3.05) is 13.2 Å². The molecule has 1 atom stereocenters. The molecule has 0 aliphatic carbocycles. The fourth-order valence-corrected chi connectivity index (χ4v) is 0.808. The third kappa shape index (κ3) is 2.89. The van der Waals surface area contributed by atoms with E-state index in [2.05, 4.69) is 20.7 Å². The normalized spacial score (nSPS) is 14.8. The Morgan fingerprint density at radius 1 is 1.75 bits per heavy atom. The minimum absolute atomic E-state index is 0.0247. The summed E-state index contributed by atoms with van der Waals surface area (Å²) in [5.41, 5.74) is 8.30. The fourth-order valence-electron chi connectivity index (χ4n) is 0.808. The van der Waals surface area contributed by atoms with Crippen LogP contribution in [-0.4, -0.2) is 18.7 Å². The van der Waals surface area contributed by atoms with E-state index in [1.54, 1.807) is 0 Å². The Hall–Kier alpha value is -1.08. The van der Waals surface area contributed by atoms with Crippen LogP contribution in [-0.2, 0) is 4.84 Å². The molecule has 7 heteroatoms. The summed E-state index contributed by atoms with van der Waals surface area (Å²) in [5, 5.41) is 5.71. The Labute approximate surface area is 70.1 Å². The molecule has 0 radical (unpaired) electrons. The molecule has 0 aliphatic heterocycles. The minimum Gasteiger partial charge on any atom is -0.302 e. The topological polar surface area (TPSA) is 113 Å². The average molecular weight is 175 g/mol. The van der Waals surface area contributed by atoms with Gasteiger partial charge in [0.2, 0.25) is 0 Å². The van der Waals surface area contributed by atoms with Gasteiger partial charge >= 0.3 is 0 Å². The van der Waals surface area contributed by atoms with Crippen LogP contribution in [0.1, 0.15) is 13.3 Å². The number of hydrogen-bond acceptors (Lipinski definition) is 6. The second-order valence-corrected chi connectivity index (χ2v) is 2.46. The SMILES string of the molecule is CCC(CN=O)(CON)NN=N. The van der Waals surface area contributed by atoms with E-state index in [0.717, 1.165) is 0 Å². The molecule has 0 fully saturated rings. The van der Waals surface area contributed by atoms with Gasteiger partial charge in [-0.2, -0.15) is 10.4 Å². The molecule has 0 aromatic carbocycles. The van der Waals surface area contributed by atoms with Crippen LogP contribution in [0, 0.1) is 10.4 Å². The largest absolute Gasteiger partial charge is 0.302 e. The van der Waals surface area contributed by atoms with Crippen molar-refractivity contribution in [3.05, 3.63) is 4.91 Å². The van der Waals surface area contributed by atoms with Gasteiger partial charge in [-0.3, -0.25) is 5.43 Å². The zero-order valence-corrected chi connectivity index (χ0v) is 6.91. The zero-order chi connectivity index (χ0) is 9.45. The van der Waals surface area contributed by atoms with Crippen molar-refractivity contribution in [2.45, 2.75) is 18.9 Å². The van der Waals surface area contributed by atoms with Gasteiger partial charge in [-0.25, -0.2) is 5.90 Å². The summed E-state index contributed by atoms with van der Waals surface area (Å²) in [6.07, 6.45) is 0.554. The van der Waals surface area contributed by atoms with Crippen molar-refractivity contribution < 1.29 is 4.84 Å². The minimum atomic E-state index is -0.738. The molecule has 0 heterocycles. The molecule has 0 rings (SSSR count). The molecule has 12 heavy (non-hydrogen) atoms. The molecular weight excluding hydrogens is 162 g/mol. The summed E-state index contributed by atoms with van der Waals surface area (Å²) in [5.74, 6) is 4.86. The highest BCUT2D eigenvalue weighted by Gasteiger charge is 2.28. The van der Waals surface area contributed by atoms with Crippen LogP contribution in [0.25, 0.3) is 0 Å². The Morgan fingerprint density at radius 2 is 2.42 bits per heavy atom. The van der Waals surface area contributed by atoms with Gasteiger partial charge in [0.05, 0.1) is 6.61 Å². The van der Waals surface area contributed by atoms with E-state index in [9.17, 15) is 4.91 Å². The van der Waals surface area contributed by atoms with Crippen LogP contribution in [0.5, 0.6) is 0 Å². The van der Waals surface area contributed by atoms with Gasteiger partial charge in [0.1, 0.15) is 12.1 Å². The lowest BCUT2D eigenvalue weighted by molar-refractivity contribution is 0.0684. The third-order valence-electron chi connectivity index (χ3n) is 1.70. The number of nitroso groups, excluding NO2 is 1. The van der Waals surface area contributed by atoms with Gasteiger partial charge < -0.3 is 4.84 Å². The quantitative estimate of drug-likeness (QED) is 0.294. The predicted octanol–water partition coefficient (Wildman–Crippen LogP) is 0.327. The number of nitrogens with two attached hydrogens (primary N) is 1. The average Bonchev–Trinajstić information content (AvgIpc) is 2.06. The van der Waals surface area contributed by atoms with E-state index >= 15 is 0 Å². The maximum Gasteiger partial charge on any atom is 0.108 e. The van der Waals surface area contributed by atoms with Crippen LogP contribution in [0.4, 0.5) is 0 Å². The smallest absolute Gasteiger partial charge is 0.108 e. The first-order chi connectivity index (χ1) is 5.74. The highest BCUT2D eigenvalue weighted by atomic mass is 16.6. The molecule has 0 aromatic heterocycles. The van der Waals surface area contributed by atoms with Gasteiger partial charge in [-0.05, 0) is 6.42 Å². The standard InChI is InChI=1S/C5H13N5O2/c1-2-5(3-8-11,4-12-7)9-10-6/h2-4,7H2,1H3,(H2,6,9). The maximum atomic E-state index is 10.0. The summed E-state index contributed by atoms with van der Waals surface area (Å²) in [4.78, 5) is 14.4.